The van der Waals surface area contributed by atoms with E-state index in [1.807, 2.05) is 19.9 Å². The first-order chi connectivity index (χ1) is 11.7. The molecule has 0 saturated heterocycles. The molecule has 0 saturated carbocycles. The standard InChI is InChI=1S/C19H22O6/c1-10-11(5-6-15(20)21)18(22)24-17-12-7-8-19(2,3)25-13(12)9-14(23-4)16(10)17/h9H,5-8H2,1-4H3,(H,20,21)/p-1. The van der Waals surface area contributed by atoms with E-state index in [-0.39, 0.29) is 18.4 Å². The lowest BCUT2D eigenvalue weighted by Gasteiger charge is -2.33. The van der Waals surface area contributed by atoms with Crippen LogP contribution in [0.1, 0.15) is 43.4 Å². The number of carboxylic acids is 1. The van der Waals surface area contributed by atoms with Crippen molar-refractivity contribution in [3.05, 3.63) is 33.2 Å². The Balaban J connectivity index is 2.26. The van der Waals surface area contributed by atoms with Crippen molar-refractivity contribution in [2.75, 3.05) is 7.11 Å². The third-order valence-corrected chi connectivity index (χ3v) is 4.74. The summed E-state index contributed by atoms with van der Waals surface area (Å²) in [6, 6.07) is 1.81. The molecule has 2 heterocycles. The largest absolute Gasteiger partial charge is 0.550 e. The van der Waals surface area contributed by atoms with E-state index < -0.39 is 11.6 Å². The van der Waals surface area contributed by atoms with Crippen LogP contribution in [0.25, 0.3) is 11.0 Å². The Labute approximate surface area is 145 Å². The van der Waals surface area contributed by atoms with E-state index in [9.17, 15) is 14.7 Å². The summed E-state index contributed by atoms with van der Waals surface area (Å²) in [6.45, 7) is 5.81. The van der Waals surface area contributed by atoms with Gasteiger partial charge in [0, 0.05) is 23.2 Å². The average Bonchev–Trinajstić information content (AvgIpc) is 2.52. The summed E-state index contributed by atoms with van der Waals surface area (Å²) in [5.74, 6) is -0.0000275. The second-order valence-corrected chi connectivity index (χ2v) is 6.99. The minimum Gasteiger partial charge on any atom is -0.550 e. The summed E-state index contributed by atoms with van der Waals surface area (Å²) < 4.78 is 17.1. The minimum absolute atomic E-state index is 0.0657. The zero-order valence-electron chi connectivity index (χ0n) is 14.9. The van der Waals surface area contributed by atoms with Gasteiger partial charge in [-0.25, -0.2) is 4.79 Å². The lowest BCUT2D eigenvalue weighted by Crippen LogP contribution is -2.32. The van der Waals surface area contributed by atoms with Gasteiger partial charge in [0.1, 0.15) is 22.7 Å². The molecule has 1 aliphatic heterocycles. The molecule has 0 aliphatic carbocycles. The summed E-state index contributed by atoms with van der Waals surface area (Å²) in [4.78, 5) is 23.2. The van der Waals surface area contributed by atoms with Gasteiger partial charge in [-0.2, -0.15) is 0 Å². The second-order valence-electron chi connectivity index (χ2n) is 6.99. The van der Waals surface area contributed by atoms with Gasteiger partial charge in [0.15, 0.2) is 0 Å². The molecule has 134 valence electrons. The molecule has 0 amide bonds. The Morgan fingerprint density at radius 2 is 2.12 bits per heavy atom. The van der Waals surface area contributed by atoms with Gasteiger partial charge in [-0.15, -0.1) is 0 Å². The van der Waals surface area contributed by atoms with Crippen molar-refractivity contribution in [3.8, 4) is 11.5 Å². The number of ether oxygens (including phenoxy) is 2. The Morgan fingerprint density at radius 1 is 1.40 bits per heavy atom. The Kier molecular flexibility index (Phi) is 4.22. The molecule has 0 bridgehead atoms. The van der Waals surface area contributed by atoms with E-state index in [2.05, 4.69) is 0 Å². The van der Waals surface area contributed by atoms with E-state index in [0.717, 1.165) is 18.4 Å². The fourth-order valence-corrected chi connectivity index (χ4v) is 3.36. The third-order valence-electron chi connectivity index (χ3n) is 4.74. The number of carbonyl (C=O) groups excluding carboxylic acids is 1. The molecule has 1 aromatic heterocycles. The van der Waals surface area contributed by atoms with E-state index >= 15 is 0 Å². The van der Waals surface area contributed by atoms with Crippen molar-refractivity contribution >= 4 is 16.9 Å². The minimum atomic E-state index is -1.20. The number of carboxylic acid groups (broad SMARTS) is 1. The van der Waals surface area contributed by atoms with E-state index in [4.69, 9.17) is 13.9 Å². The lowest BCUT2D eigenvalue weighted by molar-refractivity contribution is -0.305. The Hall–Kier alpha value is -2.50. The maximum Gasteiger partial charge on any atom is 0.339 e. The molecule has 0 atom stereocenters. The number of fused-ring (bicyclic) bond motifs is 3. The number of aliphatic carboxylic acids is 1. The summed E-state index contributed by atoms with van der Waals surface area (Å²) in [5, 5.41) is 11.4. The van der Waals surface area contributed by atoms with Crippen LogP contribution in [-0.4, -0.2) is 18.7 Å². The van der Waals surface area contributed by atoms with E-state index in [0.29, 0.717) is 33.6 Å². The molecule has 2 aromatic rings. The second kappa shape index (κ2) is 6.10. The highest BCUT2D eigenvalue weighted by Crippen LogP contribution is 2.43. The topological polar surface area (TPSA) is 88.8 Å². The van der Waals surface area contributed by atoms with Crippen molar-refractivity contribution in [1.29, 1.82) is 0 Å². The number of rotatable bonds is 4. The van der Waals surface area contributed by atoms with Gasteiger partial charge in [-0.05, 0) is 52.0 Å². The molecule has 0 spiro atoms. The normalized spacial score (nSPS) is 15.5. The van der Waals surface area contributed by atoms with Crippen LogP contribution < -0.4 is 20.2 Å². The summed E-state index contributed by atoms with van der Waals surface area (Å²) in [6.07, 6.45) is 1.36. The van der Waals surface area contributed by atoms with Crippen LogP contribution in [0.4, 0.5) is 0 Å². The van der Waals surface area contributed by atoms with E-state index in [1.165, 1.54) is 0 Å². The van der Waals surface area contributed by atoms with Gasteiger partial charge in [0.2, 0.25) is 0 Å². The van der Waals surface area contributed by atoms with Crippen LogP contribution in [-0.2, 0) is 17.6 Å². The molecule has 1 aromatic carbocycles. The molecule has 6 nitrogen and oxygen atoms in total. The highest BCUT2D eigenvalue weighted by Gasteiger charge is 2.31. The van der Waals surface area contributed by atoms with Gasteiger partial charge in [0.25, 0.3) is 0 Å². The number of hydrogen-bond donors (Lipinski definition) is 0. The Bertz CT molecular complexity index is 906. The first-order valence-corrected chi connectivity index (χ1v) is 8.28. The van der Waals surface area contributed by atoms with Crippen molar-refractivity contribution in [2.24, 2.45) is 0 Å². The highest BCUT2D eigenvalue weighted by molar-refractivity contribution is 5.92. The monoisotopic (exact) mass is 345 g/mol. The highest BCUT2D eigenvalue weighted by atomic mass is 16.5. The summed E-state index contributed by atoms with van der Waals surface area (Å²) in [5.41, 5.74) is 1.51. The predicted octanol–water partition coefficient (Wildman–Crippen LogP) is 1.90. The zero-order valence-corrected chi connectivity index (χ0v) is 14.9. The summed E-state index contributed by atoms with van der Waals surface area (Å²) >= 11 is 0. The van der Waals surface area contributed by atoms with Crippen LogP contribution in [0.5, 0.6) is 11.5 Å². The fraction of sp³-hybridized carbons (Fsp3) is 0.474. The number of benzene rings is 1. The van der Waals surface area contributed by atoms with Gasteiger partial charge in [0.05, 0.1) is 12.5 Å². The Morgan fingerprint density at radius 3 is 2.76 bits per heavy atom. The van der Waals surface area contributed by atoms with Crippen LogP contribution in [0.2, 0.25) is 0 Å². The first kappa shape index (κ1) is 17.3. The molecule has 3 rings (SSSR count). The molecular weight excluding hydrogens is 324 g/mol. The van der Waals surface area contributed by atoms with Crippen molar-refractivity contribution in [2.45, 2.75) is 52.1 Å². The predicted molar refractivity (Wildman–Crippen MR) is 90.1 cm³/mol. The SMILES string of the molecule is COc1cc2c(c3oc(=O)c(CCC(=O)[O-])c(C)c13)CCC(C)(C)O2. The van der Waals surface area contributed by atoms with Crippen LogP contribution in [0, 0.1) is 6.92 Å². The molecular formula is C19H21O6-. The van der Waals surface area contributed by atoms with Crippen LogP contribution >= 0.6 is 0 Å². The van der Waals surface area contributed by atoms with Gasteiger partial charge >= 0.3 is 5.63 Å². The molecule has 1 aliphatic rings. The van der Waals surface area contributed by atoms with Crippen molar-refractivity contribution in [1.82, 2.24) is 0 Å². The van der Waals surface area contributed by atoms with Crippen molar-refractivity contribution in [3.63, 3.8) is 0 Å². The molecule has 25 heavy (non-hydrogen) atoms. The molecule has 0 unspecified atom stereocenters. The van der Waals surface area contributed by atoms with Crippen molar-refractivity contribution < 1.29 is 23.8 Å². The zero-order chi connectivity index (χ0) is 18.4. The molecule has 0 N–H and O–H groups in total. The lowest BCUT2D eigenvalue weighted by atomic mass is 9.91. The van der Waals surface area contributed by atoms with Crippen LogP contribution in [0.15, 0.2) is 15.3 Å². The van der Waals surface area contributed by atoms with Crippen LogP contribution in [0.3, 0.4) is 0 Å². The number of carbonyl (C=O) groups is 1. The van der Waals surface area contributed by atoms with E-state index in [1.54, 1.807) is 14.0 Å². The smallest absolute Gasteiger partial charge is 0.339 e. The molecule has 0 fully saturated rings. The first-order valence-electron chi connectivity index (χ1n) is 8.28. The summed E-state index contributed by atoms with van der Waals surface area (Å²) in [7, 11) is 1.54. The molecule has 6 heteroatoms. The van der Waals surface area contributed by atoms with Gasteiger partial charge in [-0.1, -0.05) is 0 Å². The number of aryl methyl sites for hydroxylation is 2. The maximum absolute atomic E-state index is 12.4. The maximum atomic E-state index is 12.4. The van der Waals surface area contributed by atoms with Gasteiger partial charge in [-0.3, -0.25) is 0 Å². The van der Waals surface area contributed by atoms with Gasteiger partial charge < -0.3 is 23.8 Å². The number of hydrogen-bond acceptors (Lipinski definition) is 6. The quantitative estimate of drug-likeness (QED) is 0.786. The average molecular weight is 345 g/mol. The third kappa shape index (κ3) is 3.08. The fourth-order valence-electron chi connectivity index (χ4n) is 3.36. The number of methoxy groups -OCH3 is 1. The molecule has 0 radical (unpaired) electrons.